The first-order chi connectivity index (χ1) is 11.6. The number of fused-ring (bicyclic) bond motifs is 1. The number of carbonyl (C=O) groups is 1. The molecule has 2 aromatic rings. The van der Waals surface area contributed by atoms with Crippen LogP contribution in [-0.4, -0.2) is 22.8 Å². The lowest BCUT2D eigenvalue weighted by atomic mass is 9.68. The fraction of sp³-hybridized carbons (Fsp3) is 0.368. The van der Waals surface area contributed by atoms with Crippen molar-refractivity contribution in [2.75, 3.05) is 11.9 Å². The van der Waals surface area contributed by atoms with E-state index in [2.05, 4.69) is 29.4 Å². The number of allylic oxidation sites excluding steroid dienone is 1. The van der Waals surface area contributed by atoms with Crippen LogP contribution < -0.4 is 5.32 Å². The molecule has 1 aliphatic rings. The quantitative estimate of drug-likeness (QED) is 0.822. The number of anilines is 1. The molecule has 5 nitrogen and oxygen atoms in total. The number of H-pyrrole nitrogens is 1. The van der Waals surface area contributed by atoms with Gasteiger partial charge in [0.05, 0.1) is 17.6 Å². The molecule has 0 fully saturated rings. The first kappa shape index (κ1) is 16.3. The Morgan fingerprint density at radius 2 is 2.00 bits per heavy atom. The number of hydrogen-bond acceptors (Lipinski definition) is 4. The number of esters is 1. The zero-order valence-corrected chi connectivity index (χ0v) is 14.3. The number of aromatic amines is 1. The highest BCUT2D eigenvalue weighted by Gasteiger charge is 2.45. The van der Waals surface area contributed by atoms with Gasteiger partial charge in [-0.05, 0) is 25.8 Å². The minimum atomic E-state index is -0.606. The largest absolute Gasteiger partial charge is 0.463 e. The van der Waals surface area contributed by atoms with Crippen LogP contribution in [0.5, 0.6) is 0 Å². The summed E-state index contributed by atoms with van der Waals surface area (Å²) in [5, 5.41) is 10.6. The highest BCUT2D eigenvalue weighted by Crippen LogP contribution is 2.47. The highest BCUT2D eigenvalue weighted by molar-refractivity contribution is 5.96. The number of carbonyl (C=O) groups excluding carboxylic acids is 1. The van der Waals surface area contributed by atoms with E-state index >= 15 is 0 Å². The average Bonchev–Trinajstić information content (AvgIpc) is 3.05. The molecule has 1 aromatic carbocycles. The van der Waals surface area contributed by atoms with Gasteiger partial charge in [-0.1, -0.05) is 43.7 Å². The first-order valence-electron chi connectivity index (χ1n) is 8.40. The molecule has 2 N–H and O–H groups in total. The minimum absolute atomic E-state index is 0.272. The molecule has 24 heavy (non-hydrogen) atoms. The molecule has 0 amide bonds. The van der Waals surface area contributed by atoms with Crippen LogP contribution in [0, 0.1) is 0 Å². The summed E-state index contributed by atoms with van der Waals surface area (Å²) in [6.45, 7) is 6.35. The number of nitrogens with one attached hydrogen (secondary N) is 2. The van der Waals surface area contributed by atoms with Crippen molar-refractivity contribution in [2.24, 2.45) is 0 Å². The van der Waals surface area contributed by atoms with Crippen molar-refractivity contribution in [1.82, 2.24) is 10.2 Å². The fourth-order valence-electron chi connectivity index (χ4n) is 3.45. The SMILES string of the molecule is CCCC1=C(C(=O)OCC)C(C)(c2ccccc2)c2c[nH]nc2N1. The molecule has 1 atom stereocenters. The molecule has 0 saturated carbocycles. The number of aromatic nitrogens is 2. The number of rotatable bonds is 5. The number of nitrogens with zero attached hydrogens (tertiary/aromatic N) is 1. The third-order valence-corrected chi connectivity index (χ3v) is 4.58. The van der Waals surface area contributed by atoms with Crippen molar-refractivity contribution in [3.8, 4) is 0 Å². The van der Waals surface area contributed by atoms with Gasteiger partial charge in [-0.15, -0.1) is 0 Å². The molecule has 126 valence electrons. The lowest BCUT2D eigenvalue weighted by Gasteiger charge is -2.37. The lowest BCUT2D eigenvalue weighted by Crippen LogP contribution is -2.37. The predicted molar refractivity (Wildman–Crippen MR) is 93.7 cm³/mol. The van der Waals surface area contributed by atoms with Gasteiger partial charge in [-0.2, -0.15) is 5.10 Å². The smallest absolute Gasteiger partial charge is 0.337 e. The second kappa shape index (κ2) is 6.51. The van der Waals surface area contributed by atoms with E-state index in [1.165, 1.54) is 0 Å². The molecule has 2 heterocycles. The zero-order valence-electron chi connectivity index (χ0n) is 14.3. The molecular formula is C19H23N3O2. The first-order valence-corrected chi connectivity index (χ1v) is 8.40. The van der Waals surface area contributed by atoms with Gasteiger partial charge in [0.15, 0.2) is 5.82 Å². The summed E-state index contributed by atoms with van der Waals surface area (Å²) >= 11 is 0. The zero-order chi connectivity index (χ0) is 17.2. The molecule has 1 aromatic heterocycles. The van der Waals surface area contributed by atoms with Crippen LogP contribution in [-0.2, 0) is 14.9 Å². The number of hydrogen-bond donors (Lipinski definition) is 2. The van der Waals surface area contributed by atoms with Crippen molar-refractivity contribution in [1.29, 1.82) is 0 Å². The molecule has 0 saturated heterocycles. The molecule has 0 spiro atoms. The molecule has 0 radical (unpaired) electrons. The highest BCUT2D eigenvalue weighted by atomic mass is 16.5. The molecule has 0 bridgehead atoms. The number of benzene rings is 1. The summed E-state index contributed by atoms with van der Waals surface area (Å²) < 4.78 is 5.40. The van der Waals surface area contributed by atoms with Gasteiger partial charge in [0.2, 0.25) is 0 Å². The van der Waals surface area contributed by atoms with Crippen LogP contribution in [0.1, 0.15) is 44.7 Å². The Labute approximate surface area is 142 Å². The van der Waals surface area contributed by atoms with Crippen molar-refractivity contribution in [3.63, 3.8) is 0 Å². The van der Waals surface area contributed by atoms with Gasteiger partial charge < -0.3 is 10.1 Å². The topological polar surface area (TPSA) is 67.0 Å². The summed E-state index contributed by atoms with van der Waals surface area (Å²) in [6, 6.07) is 10.1. The maximum Gasteiger partial charge on any atom is 0.337 e. The fourth-order valence-corrected chi connectivity index (χ4v) is 3.45. The van der Waals surface area contributed by atoms with E-state index in [4.69, 9.17) is 4.74 Å². The lowest BCUT2D eigenvalue weighted by molar-refractivity contribution is -0.139. The van der Waals surface area contributed by atoms with Crippen LogP contribution in [0.15, 0.2) is 47.8 Å². The second-order valence-corrected chi connectivity index (χ2v) is 6.09. The van der Waals surface area contributed by atoms with Gasteiger partial charge >= 0.3 is 5.97 Å². The van der Waals surface area contributed by atoms with Crippen LogP contribution in [0.25, 0.3) is 0 Å². The van der Waals surface area contributed by atoms with Gasteiger partial charge in [0.1, 0.15) is 0 Å². The van der Waals surface area contributed by atoms with E-state index in [0.717, 1.165) is 35.5 Å². The summed E-state index contributed by atoms with van der Waals surface area (Å²) in [5.74, 6) is 0.504. The summed E-state index contributed by atoms with van der Waals surface area (Å²) in [6.07, 6.45) is 3.55. The third kappa shape index (κ3) is 2.50. The van der Waals surface area contributed by atoms with E-state index < -0.39 is 5.41 Å². The maximum atomic E-state index is 12.9. The molecule has 1 aliphatic heterocycles. The maximum absolute atomic E-state index is 12.9. The Morgan fingerprint density at radius 1 is 1.25 bits per heavy atom. The average molecular weight is 325 g/mol. The van der Waals surface area contributed by atoms with Crippen LogP contribution in [0.4, 0.5) is 5.82 Å². The van der Waals surface area contributed by atoms with E-state index in [0.29, 0.717) is 12.2 Å². The van der Waals surface area contributed by atoms with Crippen LogP contribution in [0.3, 0.4) is 0 Å². The Bertz CT molecular complexity index is 764. The second-order valence-electron chi connectivity index (χ2n) is 6.09. The molecule has 3 rings (SSSR count). The predicted octanol–water partition coefficient (Wildman–Crippen LogP) is 3.76. The Morgan fingerprint density at radius 3 is 2.67 bits per heavy atom. The van der Waals surface area contributed by atoms with Gasteiger partial charge in [0.25, 0.3) is 0 Å². The molecule has 1 unspecified atom stereocenters. The van der Waals surface area contributed by atoms with E-state index in [1.807, 2.05) is 43.5 Å². The van der Waals surface area contributed by atoms with Gasteiger partial charge in [-0.3, -0.25) is 5.10 Å². The number of ether oxygens (including phenoxy) is 1. The normalized spacial score (nSPS) is 19.6. The Kier molecular flexibility index (Phi) is 4.42. The van der Waals surface area contributed by atoms with Crippen molar-refractivity contribution in [3.05, 3.63) is 58.9 Å². The van der Waals surface area contributed by atoms with Crippen LogP contribution >= 0.6 is 0 Å². The molecular weight excluding hydrogens is 302 g/mol. The van der Waals surface area contributed by atoms with E-state index in [-0.39, 0.29) is 5.97 Å². The van der Waals surface area contributed by atoms with Crippen LogP contribution in [0.2, 0.25) is 0 Å². The standard InChI is InChI=1S/C19H23N3O2/c1-4-9-15-16(18(23)24-5-2)19(3,13-10-7-6-8-11-13)14-12-20-22-17(14)21-15/h6-8,10-12H,4-5,9H2,1-3H3,(H2,20,21,22). The van der Waals surface area contributed by atoms with Crippen molar-refractivity contribution < 1.29 is 9.53 Å². The monoisotopic (exact) mass is 325 g/mol. The van der Waals surface area contributed by atoms with Crippen molar-refractivity contribution in [2.45, 2.75) is 39.0 Å². The summed E-state index contributed by atoms with van der Waals surface area (Å²) in [4.78, 5) is 12.9. The van der Waals surface area contributed by atoms with E-state index in [1.54, 1.807) is 0 Å². The van der Waals surface area contributed by atoms with E-state index in [9.17, 15) is 4.79 Å². The Balaban J connectivity index is 2.26. The minimum Gasteiger partial charge on any atom is -0.463 e. The molecule has 0 aliphatic carbocycles. The third-order valence-electron chi connectivity index (χ3n) is 4.58. The summed E-state index contributed by atoms with van der Waals surface area (Å²) in [5.41, 5.74) is 2.96. The Hall–Kier alpha value is -2.56. The van der Waals surface area contributed by atoms with Crippen molar-refractivity contribution >= 4 is 11.8 Å². The summed E-state index contributed by atoms with van der Waals surface area (Å²) in [7, 11) is 0. The molecule has 5 heteroatoms. The van der Waals surface area contributed by atoms with Gasteiger partial charge in [0, 0.05) is 17.5 Å². The van der Waals surface area contributed by atoms with Gasteiger partial charge in [-0.25, -0.2) is 4.79 Å².